The van der Waals surface area contributed by atoms with Crippen molar-refractivity contribution in [3.8, 4) is 0 Å². The first-order valence-electron chi connectivity index (χ1n) is 25.1. The average Bonchev–Trinajstić information content (AvgIpc) is 3.24. The lowest BCUT2D eigenvalue weighted by molar-refractivity contribution is -0.870. The number of nitrogens with zero attached hydrogens (tertiary/aromatic N) is 1. The third-order valence-electron chi connectivity index (χ3n) is 10.4. The highest BCUT2D eigenvalue weighted by Crippen LogP contribution is 2.14. The first-order valence-corrected chi connectivity index (χ1v) is 25.1. The maximum Gasteiger partial charge on any atom is 0.361 e. The third kappa shape index (κ3) is 46.5. The second-order valence-corrected chi connectivity index (χ2v) is 17.7. The Morgan fingerprint density at radius 3 is 1.37 bits per heavy atom. The van der Waals surface area contributed by atoms with Crippen molar-refractivity contribution >= 4 is 17.9 Å². The molecule has 9 heteroatoms. The Balaban J connectivity index is 4.33. The molecule has 9 nitrogen and oxygen atoms in total. The van der Waals surface area contributed by atoms with Gasteiger partial charge in [-0.25, -0.2) is 4.79 Å². The van der Waals surface area contributed by atoms with Crippen LogP contribution in [-0.2, 0) is 33.3 Å². The molecular weight excluding hydrogens is 791 g/mol. The SMILES string of the molecule is CC/C=C\C/C=C\C/C=C\CCCCCC(=O)OCC(COC(OCC[N+](C)(C)C)C(=O)O)OC(=O)CCCCCCCCCCCC/C=C\C/C=C\C/C=C\CCCCCCC. The molecule has 0 fully saturated rings. The van der Waals surface area contributed by atoms with E-state index in [-0.39, 0.29) is 38.6 Å². The molecular formula is C54H94NO8+. The number of ether oxygens (including phenoxy) is 4. The Kier molecular flexibility index (Phi) is 43.0. The number of carbonyl (C=O) groups is 3. The van der Waals surface area contributed by atoms with Crippen LogP contribution in [0, 0.1) is 0 Å². The van der Waals surface area contributed by atoms with Crippen LogP contribution in [0.2, 0.25) is 0 Å². The summed E-state index contributed by atoms with van der Waals surface area (Å²) in [7, 11) is 5.94. The molecule has 63 heavy (non-hydrogen) atoms. The van der Waals surface area contributed by atoms with Gasteiger partial charge in [-0.3, -0.25) is 9.59 Å². The van der Waals surface area contributed by atoms with Crippen LogP contribution in [0.25, 0.3) is 0 Å². The van der Waals surface area contributed by atoms with Gasteiger partial charge in [0.25, 0.3) is 6.29 Å². The number of rotatable bonds is 45. The summed E-state index contributed by atoms with van der Waals surface area (Å²) in [5.41, 5.74) is 0. The van der Waals surface area contributed by atoms with Gasteiger partial charge in [0.2, 0.25) is 0 Å². The van der Waals surface area contributed by atoms with Crippen LogP contribution >= 0.6 is 0 Å². The number of carbonyl (C=O) groups excluding carboxylic acids is 2. The molecule has 0 rings (SSSR count). The van der Waals surface area contributed by atoms with E-state index in [1.807, 2.05) is 21.1 Å². The predicted octanol–water partition coefficient (Wildman–Crippen LogP) is 13.9. The fourth-order valence-electron chi connectivity index (χ4n) is 6.56. The number of carboxylic acid groups (broad SMARTS) is 1. The Morgan fingerprint density at radius 2 is 0.905 bits per heavy atom. The second-order valence-electron chi connectivity index (χ2n) is 17.7. The summed E-state index contributed by atoms with van der Waals surface area (Å²) in [6.45, 7) is 4.69. The molecule has 0 bridgehead atoms. The quantitative estimate of drug-likeness (QED) is 0.0212. The summed E-state index contributed by atoms with van der Waals surface area (Å²) in [6, 6.07) is 0. The van der Waals surface area contributed by atoms with Crippen molar-refractivity contribution in [3.05, 3.63) is 72.9 Å². The van der Waals surface area contributed by atoms with E-state index in [4.69, 9.17) is 18.9 Å². The smallest absolute Gasteiger partial charge is 0.361 e. The summed E-state index contributed by atoms with van der Waals surface area (Å²) >= 11 is 0. The van der Waals surface area contributed by atoms with Gasteiger partial charge in [-0.15, -0.1) is 0 Å². The fraction of sp³-hybridized carbons (Fsp3) is 0.722. The molecule has 362 valence electrons. The van der Waals surface area contributed by atoms with E-state index in [1.165, 1.54) is 77.0 Å². The second kappa shape index (κ2) is 45.3. The van der Waals surface area contributed by atoms with Crippen molar-refractivity contribution in [1.29, 1.82) is 0 Å². The molecule has 0 spiro atoms. The van der Waals surface area contributed by atoms with Crippen LogP contribution in [0.3, 0.4) is 0 Å². The summed E-state index contributed by atoms with van der Waals surface area (Å²) < 4.78 is 22.7. The summed E-state index contributed by atoms with van der Waals surface area (Å²) in [4.78, 5) is 37.2. The molecule has 0 aromatic carbocycles. The van der Waals surface area contributed by atoms with Gasteiger partial charge < -0.3 is 28.5 Å². The molecule has 0 saturated heterocycles. The molecule has 0 saturated carbocycles. The molecule has 0 radical (unpaired) electrons. The molecule has 0 aromatic rings. The highest BCUT2D eigenvalue weighted by atomic mass is 16.7. The maximum absolute atomic E-state index is 12.8. The zero-order chi connectivity index (χ0) is 46.3. The van der Waals surface area contributed by atoms with Crippen LogP contribution < -0.4 is 0 Å². The van der Waals surface area contributed by atoms with Gasteiger partial charge in [0.05, 0.1) is 34.4 Å². The first kappa shape index (κ1) is 59.7. The van der Waals surface area contributed by atoms with Gasteiger partial charge in [-0.1, -0.05) is 170 Å². The normalized spacial score (nSPS) is 13.5. The fourth-order valence-corrected chi connectivity index (χ4v) is 6.56. The molecule has 0 heterocycles. The highest BCUT2D eigenvalue weighted by Gasteiger charge is 2.25. The summed E-state index contributed by atoms with van der Waals surface area (Å²) in [5.74, 6) is -2.06. The molecule has 0 aliphatic carbocycles. The molecule has 2 atom stereocenters. The molecule has 0 aliphatic rings. The zero-order valence-corrected chi connectivity index (χ0v) is 41.0. The van der Waals surface area contributed by atoms with Crippen molar-refractivity contribution in [2.45, 2.75) is 206 Å². The Labute approximate surface area is 386 Å². The Hall–Kier alpha value is -3.27. The number of allylic oxidation sites excluding steroid dienone is 12. The van der Waals surface area contributed by atoms with Crippen LogP contribution in [0.1, 0.15) is 194 Å². The van der Waals surface area contributed by atoms with E-state index < -0.39 is 24.3 Å². The van der Waals surface area contributed by atoms with Gasteiger partial charge >= 0.3 is 17.9 Å². The van der Waals surface area contributed by atoms with Crippen LogP contribution in [-0.4, -0.2) is 87.4 Å². The summed E-state index contributed by atoms with van der Waals surface area (Å²) in [6.07, 6.45) is 54.0. The van der Waals surface area contributed by atoms with Crippen molar-refractivity contribution in [3.63, 3.8) is 0 Å². The Morgan fingerprint density at radius 1 is 0.492 bits per heavy atom. The van der Waals surface area contributed by atoms with Crippen molar-refractivity contribution < 1.29 is 42.9 Å². The monoisotopic (exact) mass is 885 g/mol. The van der Waals surface area contributed by atoms with E-state index in [2.05, 4.69) is 86.8 Å². The lowest BCUT2D eigenvalue weighted by atomic mass is 10.0. The number of unbranched alkanes of at least 4 members (excludes halogenated alkanes) is 18. The van der Waals surface area contributed by atoms with E-state index in [1.54, 1.807) is 0 Å². The molecule has 0 aromatic heterocycles. The number of quaternary nitrogens is 1. The predicted molar refractivity (Wildman–Crippen MR) is 263 cm³/mol. The van der Waals surface area contributed by atoms with Crippen LogP contribution in [0.5, 0.6) is 0 Å². The van der Waals surface area contributed by atoms with E-state index in [0.29, 0.717) is 23.9 Å². The van der Waals surface area contributed by atoms with Crippen molar-refractivity contribution in [2.75, 3.05) is 47.5 Å². The lowest BCUT2D eigenvalue weighted by Gasteiger charge is -2.25. The maximum atomic E-state index is 12.8. The number of likely N-dealkylation sites (N-methyl/N-ethyl adjacent to an activating group) is 1. The Bertz CT molecular complexity index is 1260. The van der Waals surface area contributed by atoms with Crippen LogP contribution in [0.15, 0.2) is 72.9 Å². The third-order valence-corrected chi connectivity index (χ3v) is 10.4. The minimum Gasteiger partial charge on any atom is -0.477 e. The van der Waals surface area contributed by atoms with Crippen LogP contribution in [0.4, 0.5) is 0 Å². The number of esters is 2. The van der Waals surface area contributed by atoms with E-state index in [0.717, 1.165) is 77.0 Å². The van der Waals surface area contributed by atoms with Gasteiger partial charge in [0, 0.05) is 12.8 Å². The topological polar surface area (TPSA) is 108 Å². The molecule has 0 amide bonds. The van der Waals surface area contributed by atoms with Gasteiger partial charge in [0.1, 0.15) is 13.2 Å². The van der Waals surface area contributed by atoms with E-state index in [9.17, 15) is 19.5 Å². The largest absolute Gasteiger partial charge is 0.477 e. The van der Waals surface area contributed by atoms with Crippen molar-refractivity contribution in [1.82, 2.24) is 0 Å². The molecule has 2 unspecified atom stereocenters. The van der Waals surface area contributed by atoms with Gasteiger partial charge in [0.15, 0.2) is 6.10 Å². The number of carboxylic acids is 1. The van der Waals surface area contributed by atoms with E-state index >= 15 is 0 Å². The van der Waals surface area contributed by atoms with Crippen molar-refractivity contribution in [2.24, 2.45) is 0 Å². The minimum absolute atomic E-state index is 0.179. The standard InChI is InChI=1S/C54H93NO8/c1-6-8-10-12-14-16-18-20-21-22-23-24-25-26-27-28-29-30-31-33-35-37-39-41-43-45-52(57)63-50(49-62-54(53(58)59)60-47-46-55(3,4)5)48-61-51(56)44-42-40-38-36-34-32-19-17-15-13-11-9-7-2/h9,11,15,17-18,20,22-23,25-26,32,34,50,54H,6-8,10,12-14,16,19,21,24,27-31,33,35-49H2,1-5H3/p+1/b11-9-,17-15-,20-18-,23-22-,26-25-,34-32-. The highest BCUT2D eigenvalue weighted by molar-refractivity contribution is 5.71. The molecule has 0 aliphatic heterocycles. The first-order chi connectivity index (χ1) is 30.6. The zero-order valence-electron chi connectivity index (χ0n) is 41.0. The minimum atomic E-state index is -1.52. The average molecular weight is 885 g/mol. The summed E-state index contributed by atoms with van der Waals surface area (Å²) in [5, 5.41) is 9.65. The number of hydrogen-bond donors (Lipinski definition) is 1. The van der Waals surface area contributed by atoms with Gasteiger partial charge in [-0.05, 0) is 83.5 Å². The van der Waals surface area contributed by atoms with Gasteiger partial charge in [-0.2, -0.15) is 0 Å². The number of aliphatic carboxylic acids is 1. The molecule has 1 N–H and O–H groups in total. The number of hydrogen-bond acceptors (Lipinski definition) is 7. The lowest BCUT2D eigenvalue weighted by Crippen LogP contribution is -2.40.